The second kappa shape index (κ2) is 8.18. The van der Waals surface area contributed by atoms with Gasteiger partial charge in [0.2, 0.25) is 5.91 Å². The van der Waals surface area contributed by atoms with E-state index < -0.39 is 0 Å². The van der Waals surface area contributed by atoms with E-state index in [4.69, 9.17) is 0 Å². The van der Waals surface area contributed by atoms with Gasteiger partial charge in [0.25, 0.3) is 0 Å². The van der Waals surface area contributed by atoms with E-state index in [-0.39, 0.29) is 17.9 Å². The lowest BCUT2D eigenvalue weighted by Gasteiger charge is -2.30. The van der Waals surface area contributed by atoms with Crippen molar-refractivity contribution in [1.82, 2.24) is 10.2 Å². The van der Waals surface area contributed by atoms with E-state index in [0.717, 1.165) is 25.9 Å². The minimum Gasteiger partial charge on any atom is -0.354 e. The maximum absolute atomic E-state index is 12.3. The molecule has 21 heavy (non-hydrogen) atoms. The molecule has 0 bridgehead atoms. The molecule has 3 nitrogen and oxygen atoms in total. The smallest absolute Gasteiger partial charge is 0.223 e. The van der Waals surface area contributed by atoms with Gasteiger partial charge >= 0.3 is 0 Å². The van der Waals surface area contributed by atoms with E-state index in [1.807, 2.05) is 6.07 Å². The van der Waals surface area contributed by atoms with Crippen molar-refractivity contribution in [2.45, 2.75) is 45.6 Å². The lowest BCUT2D eigenvalue weighted by Crippen LogP contribution is -2.39. The second-order valence-electron chi connectivity index (χ2n) is 5.87. The summed E-state index contributed by atoms with van der Waals surface area (Å²) in [7, 11) is 0. The average molecular weight is 288 g/mol. The first kappa shape index (κ1) is 16.0. The Labute approximate surface area is 128 Å². The number of nitrogens with zero attached hydrogens (tertiary/aromatic N) is 1. The molecule has 116 valence electrons. The predicted molar refractivity (Wildman–Crippen MR) is 87.1 cm³/mol. The van der Waals surface area contributed by atoms with Crippen LogP contribution in [0.1, 0.15) is 51.1 Å². The molecule has 1 aliphatic carbocycles. The lowest BCUT2D eigenvalue weighted by atomic mass is 10.0. The third kappa shape index (κ3) is 4.31. The highest BCUT2D eigenvalue weighted by atomic mass is 16.1. The van der Waals surface area contributed by atoms with Gasteiger partial charge in [-0.3, -0.25) is 9.69 Å². The molecule has 1 N–H and O–H groups in total. The Morgan fingerprint density at radius 3 is 2.38 bits per heavy atom. The van der Waals surface area contributed by atoms with Crippen LogP contribution >= 0.6 is 0 Å². The first-order chi connectivity index (χ1) is 10.3. The topological polar surface area (TPSA) is 32.3 Å². The molecular formula is C18H28N2O. The van der Waals surface area contributed by atoms with Crippen LogP contribution in [0.5, 0.6) is 0 Å². The quantitative estimate of drug-likeness (QED) is 0.834. The first-order valence-corrected chi connectivity index (χ1v) is 8.33. The van der Waals surface area contributed by atoms with E-state index in [1.54, 1.807) is 0 Å². The Bertz CT molecular complexity index is 422. The van der Waals surface area contributed by atoms with E-state index in [0.29, 0.717) is 6.54 Å². The van der Waals surface area contributed by atoms with Crippen LogP contribution in [0.4, 0.5) is 0 Å². The van der Waals surface area contributed by atoms with Gasteiger partial charge in [0.15, 0.2) is 0 Å². The highest BCUT2D eigenvalue weighted by molar-refractivity contribution is 5.78. The fourth-order valence-corrected chi connectivity index (χ4v) is 3.33. The van der Waals surface area contributed by atoms with Crippen molar-refractivity contribution in [3.63, 3.8) is 0 Å². The largest absolute Gasteiger partial charge is 0.354 e. The number of amides is 1. The van der Waals surface area contributed by atoms with Crippen molar-refractivity contribution in [3.8, 4) is 0 Å². The molecule has 1 atom stereocenters. The van der Waals surface area contributed by atoms with Crippen LogP contribution in [0.2, 0.25) is 0 Å². The fourth-order valence-electron chi connectivity index (χ4n) is 3.33. The zero-order valence-electron chi connectivity index (χ0n) is 13.3. The molecule has 0 radical (unpaired) electrons. The molecule has 0 saturated heterocycles. The molecule has 0 aromatic heterocycles. The van der Waals surface area contributed by atoms with Gasteiger partial charge in [-0.25, -0.2) is 0 Å². The van der Waals surface area contributed by atoms with Crippen molar-refractivity contribution >= 4 is 5.91 Å². The van der Waals surface area contributed by atoms with Crippen LogP contribution in [0.3, 0.4) is 0 Å². The normalized spacial score (nSPS) is 17.1. The number of likely N-dealkylation sites (N-methyl/N-ethyl adjacent to an activating group) is 1. The van der Waals surface area contributed by atoms with Gasteiger partial charge in [0, 0.05) is 12.5 Å². The highest BCUT2D eigenvalue weighted by Crippen LogP contribution is 2.25. The van der Waals surface area contributed by atoms with E-state index >= 15 is 0 Å². The summed E-state index contributed by atoms with van der Waals surface area (Å²) >= 11 is 0. The van der Waals surface area contributed by atoms with Gasteiger partial charge in [0.1, 0.15) is 0 Å². The number of hydrogen-bond acceptors (Lipinski definition) is 2. The monoisotopic (exact) mass is 288 g/mol. The van der Waals surface area contributed by atoms with Crippen molar-refractivity contribution in [1.29, 1.82) is 0 Å². The van der Waals surface area contributed by atoms with Crippen LogP contribution < -0.4 is 5.32 Å². The van der Waals surface area contributed by atoms with Gasteiger partial charge < -0.3 is 5.32 Å². The SMILES string of the molecule is CCN(CC)[C@@H](CNC(=O)C1CCCC1)c1ccccc1. The molecule has 1 aromatic rings. The number of benzene rings is 1. The summed E-state index contributed by atoms with van der Waals surface area (Å²) in [5, 5.41) is 3.19. The minimum absolute atomic E-state index is 0.248. The van der Waals surface area contributed by atoms with Gasteiger partial charge in [0.05, 0.1) is 6.04 Å². The number of rotatable bonds is 7. The fraction of sp³-hybridized carbons (Fsp3) is 0.611. The van der Waals surface area contributed by atoms with Crippen LogP contribution in [0.25, 0.3) is 0 Å². The molecule has 3 heteroatoms. The average Bonchev–Trinajstić information content (AvgIpc) is 3.06. The molecule has 1 aliphatic rings. The van der Waals surface area contributed by atoms with Crippen molar-refractivity contribution < 1.29 is 4.79 Å². The van der Waals surface area contributed by atoms with Crippen molar-refractivity contribution in [3.05, 3.63) is 35.9 Å². The highest BCUT2D eigenvalue weighted by Gasteiger charge is 2.24. The van der Waals surface area contributed by atoms with E-state index in [1.165, 1.54) is 18.4 Å². The molecule has 0 heterocycles. The predicted octanol–water partition coefficient (Wildman–Crippen LogP) is 3.38. The zero-order valence-corrected chi connectivity index (χ0v) is 13.3. The summed E-state index contributed by atoms with van der Waals surface area (Å²) < 4.78 is 0. The zero-order chi connectivity index (χ0) is 15.1. The summed E-state index contributed by atoms with van der Waals surface area (Å²) in [6.07, 6.45) is 4.53. The summed E-state index contributed by atoms with van der Waals surface area (Å²) in [5.74, 6) is 0.499. The number of nitrogens with one attached hydrogen (secondary N) is 1. The molecule has 2 rings (SSSR count). The Kier molecular flexibility index (Phi) is 6.24. The summed E-state index contributed by atoms with van der Waals surface area (Å²) in [6.45, 7) is 7.06. The Morgan fingerprint density at radius 1 is 1.19 bits per heavy atom. The number of carbonyl (C=O) groups is 1. The van der Waals surface area contributed by atoms with Crippen LogP contribution in [-0.4, -0.2) is 30.4 Å². The van der Waals surface area contributed by atoms with Crippen molar-refractivity contribution in [2.24, 2.45) is 5.92 Å². The minimum atomic E-state index is 0.248. The molecule has 1 saturated carbocycles. The van der Waals surface area contributed by atoms with Crippen LogP contribution in [0, 0.1) is 5.92 Å². The molecule has 1 amide bonds. The molecular weight excluding hydrogens is 260 g/mol. The number of carbonyl (C=O) groups excluding carboxylic acids is 1. The van der Waals surface area contributed by atoms with Gasteiger partial charge in [-0.15, -0.1) is 0 Å². The number of hydrogen-bond donors (Lipinski definition) is 1. The molecule has 0 spiro atoms. The third-order valence-electron chi connectivity index (χ3n) is 4.63. The van der Waals surface area contributed by atoms with Gasteiger partial charge in [-0.2, -0.15) is 0 Å². The van der Waals surface area contributed by atoms with E-state index in [2.05, 4.69) is 48.3 Å². The summed E-state index contributed by atoms with van der Waals surface area (Å²) in [4.78, 5) is 14.7. The summed E-state index contributed by atoms with van der Waals surface area (Å²) in [5.41, 5.74) is 1.29. The lowest BCUT2D eigenvalue weighted by molar-refractivity contribution is -0.125. The first-order valence-electron chi connectivity index (χ1n) is 8.33. The Hall–Kier alpha value is -1.35. The maximum Gasteiger partial charge on any atom is 0.223 e. The molecule has 1 fully saturated rings. The van der Waals surface area contributed by atoms with Crippen molar-refractivity contribution in [2.75, 3.05) is 19.6 Å². The standard InChI is InChI=1S/C18H28N2O/c1-3-20(4-2)17(15-10-6-5-7-11-15)14-19-18(21)16-12-8-9-13-16/h5-7,10-11,16-17H,3-4,8-9,12-14H2,1-2H3,(H,19,21)/t17-/m0/s1. The van der Waals surface area contributed by atoms with Gasteiger partial charge in [-0.1, -0.05) is 57.0 Å². The molecule has 0 aliphatic heterocycles. The molecule has 1 aromatic carbocycles. The summed E-state index contributed by atoms with van der Waals surface area (Å²) in [6, 6.07) is 10.8. The van der Waals surface area contributed by atoms with Crippen LogP contribution in [0.15, 0.2) is 30.3 Å². The van der Waals surface area contributed by atoms with Crippen LogP contribution in [-0.2, 0) is 4.79 Å². The van der Waals surface area contributed by atoms with Gasteiger partial charge in [-0.05, 0) is 31.5 Å². The second-order valence-corrected chi connectivity index (χ2v) is 5.87. The van der Waals surface area contributed by atoms with E-state index in [9.17, 15) is 4.79 Å². The third-order valence-corrected chi connectivity index (χ3v) is 4.63. The Morgan fingerprint density at radius 2 is 1.81 bits per heavy atom. The Balaban J connectivity index is 2.00. The molecule has 0 unspecified atom stereocenters. The maximum atomic E-state index is 12.3.